The lowest BCUT2D eigenvalue weighted by atomic mass is 10.0. The molecule has 112 valence electrons. The molecule has 0 aliphatic rings. The highest BCUT2D eigenvalue weighted by molar-refractivity contribution is 5.88. The predicted octanol–water partition coefficient (Wildman–Crippen LogP) is 2.59. The van der Waals surface area contributed by atoms with Gasteiger partial charge in [-0.1, -0.05) is 30.3 Å². The highest BCUT2D eigenvalue weighted by Gasteiger charge is 2.15. The van der Waals surface area contributed by atoms with E-state index in [1.807, 2.05) is 30.3 Å². The average molecular weight is 296 g/mol. The van der Waals surface area contributed by atoms with Crippen LogP contribution in [-0.2, 0) is 4.74 Å². The quantitative estimate of drug-likeness (QED) is 0.752. The molecule has 22 heavy (non-hydrogen) atoms. The van der Waals surface area contributed by atoms with Gasteiger partial charge < -0.3 is 9.84 Å². The molecule has 1 aromatic carbocycles. The highest BCUT2D eigenvalue weighted by atomic mass is 16.5. The van der Waals surface area contributed by atoms with Crippen molar-refractivity contribution in [3.05, 3.63) is 71.7 Å². The molecule has 1 atom stereocenters. The summed E-state index contributed by atoms with van der Waals surface area (Å²) in [5.74, 6) is -0.411. The van der Waals surface area contributed by atoms with E-state index in [1.54, 1.807) is 29.7 Å². The second kappa shape index (κ2) is 5.99. The third-order valence-electron chi connectivity index (χ3n) is 3.45. The summed E-state index contributed by atoms with van der Waals surface area (Å²) >= 11 is 0. The minimum atomic E-state index is -0.728. The zero-order valence-corrected chi connectivity index (χ0v) is 12.1. The van der Waals surface area contributed by atoms with Crippen molar-refractivity contribution < 1.29 is 14.6 Å². The Morgan fingerprint density at radius 3 is 2.77 bits per heavy atom. The van der Waals surface area contributed by atoms with Crippen LogP contribution >= 0.6 is 0 Å². The van der Waals surface area contributed by atoms with Crippen molar-refractivity contribution in [2.75, 3.05) is 6.61 Å². The molecule has 0 spiro atoms. The molecule has 5 nitrogen and oxygen atoms in total. The highest BCUT2D eigenvalue weighted by Crippen LogP contribution is 2.23. The minimum Gasteiger partial charge on any atom is -0.461 e. The van der Waals surface area contributed by atoms with E-state index in [9.17, 15) is 9.90 Å². The molecule has 0 bridgehead atoms. The largest absolute Gasteiger partial charge is 0.461 e. The first-order valence-corrected chi connectivity index (χ1v) is 7.08. The molecule has 3 rings (SSSR count). The smallest absolute Gasteiger partial charge is 0.356 e. The molecule has 0 saturated carbocycles. The van der Waals surface area contributed by atoms with Crippen molar-refractivity contribution in [2.24, 2.45) is 0 Å². The number of fused-ring (bicyclic) bond motifs is 1. The molecule has 0 aliphatic heterocycles. The zero-order valence-electron chi connectivity index (χ0n) is 12.1. The molecule has 0 amide bonds. The van der Waals surface area contributed by atoms with E-state index in [0.717, 1.165) is 11.1 Å². The standard InChI is InChI=1S/C17H16N2O3/c1-2-22-17(21)14-11-18-15-10-13(8-9-19(14)15)16(20)12-6-4-3-5-7-12/h3-11,16,20H,2H2,1H3. The van der Waals surface area contributed by atoms with Crippen LogP contribution < -0.4 is 0 Å². The van der Waals surface area contributed by atoms with E-state index in [-0.39, 0.29) is 0 Å². The van der Waals surface area contributed by atoms with E-state index in [1.165, 1.54) is 6.20 Å². The van der Waals surface area contributed by atoms with Crippen LogP contribution in [0.3, 0.4) is 0 Å². The van der Waals surface area contributed by atoms with Gasteiger partial charge in [-0.2, -0.15) is 0 Å². The van der Waals surface area contributed by atoms with Gasteiger partial charge in [-0.05, 0) is 30.2 Å². The van der Waals surface area contributed by atoms with Gasteiger partial charge in [0.05, 0.1) is 12.8 Å². The normalized spacial score (nSPS) is 12.3. The number of carbonyl (C=O) groups is 1. The van der Waals surface area contributed by atoms with E-state index in [2.05, 4.69) is 4.98 Å². The number of hydrogen-bond donors (Lipinski definition) is 1. The number of imidazole rings is 1. The fraction of sp³-hybridized carbons (Fsp3) is 0.176. The van der Waals surface area contributed by atoms with Crippen molar-refractivity contribution in [3.8, 4) is 0 Å². The molecule has 1 unspecified atom stereocenters. The monoisotopic (exact) mass is 296 g/mol. The van der Waals surface area contributed by atoms with Gasteiger partial charge in [0.1, 0.15) is 11.8 Å². The molecule has 0 radical (unpaired) electrons. The van der Waals surface area contributed by atoms with E-state index >= 15 is 0 Å². The molecule has 0 fully saturated rings. The Bertz CT molecular complexity index is 796. The van der Waals surface area contributed by atoms with Crippen LogP contribution in [0.25, 0.3) is 5.65 Å². The third kappa shape index (κ3) is 2.58. The number of benzene rings is 1. The predicted molar refractivity (Wildman–Crippen MR) is 81.7 cm³/mol. The van der Waals surface area contributed by atoms with Crippen molar-refractivity contribution in [1.29, 1.82) is 0 Å². The van der Waals surface area contributed by atoms with Crippen LogP contribution in [0.5, 0.6) is 0 Å². The van der Waals surface area contributed by atoms with E-state index in [0.29, 0.717) is 17.9 Å². The van der Waals surface area contributed by atoms with Gasteiger partial charge in [0.25, 0.3) is 0 Å². The summed E-state index contributed by atoms with van der Waals surface area (Å²) in [5, 5.41) is 10.4. The average Bonchev–Trinajstić information content (AvgIpc) is 2.98. The first kappa shape index (κ1) is 14.3. The van der Waals surface area contributed by atoms with Gasteiger partial charge in [-0.25, -0.2) is 9.78 Å². The SMILES string of the molecule is CCOC(=O)c1cnc2cc(C(O)c3ccccc3)ccn12. The Hall–Kier alpha value is -2.66. The Morgan fingerprint density at radius 2 is 2.05 bits per heavy atom. The van der Waals surface area contributed by atoms with Gasteiger partial charge in [-0.3, -0.25) is 4.40 Å². The van der Waals surface area contributed by atoms with Crippen molar-refractivity contribution in [1.82, 2.24) is 9.38 Å². The number of carbonyl (C=O) groups excluding carboxylic acids is 1. The molecule has 2 heterocycles. The summed E-state index contributed by atoms with van der Waals surface area (Å²) < 4.78 is 6.64. The van der Waals surface area contributed by atoms with Crippen LogP contribution in [0.4, 0.5) is 0 Å². The Morgan fingerprint density at radius 1 is 1.27 bits per heavy atom. The fourth-order valence-electron chi connectivity index (χ4n) is 2.35. The second-order valence-corrected chi connectivity index (χ2v) is 4.87. The van der Waals surface area contributed by atoms with Crippen LogP contribution in [-0.4, -0.2) is 27.1 Å². The van der Waals surface area contributed by atoms with Crippen molar-refractivity contribution in [3.63, 3.8) is 0 Å². The molecule has 2 aromatic heterocycles. The molecule has 0 aliphatic carbocycles. The molecular weight excluding hydrogens is 280 g/mol. The van der Waals surface area contributed by atoms with E-state index in [4.69, 9.17) is 4.74 Å². The Balaban J connectivity index is 1.96. The summed E-state index contributed by atoms with van der Waals surface area (Å²) in [4.78, 5) is 16.0. The maximum absolute atomic E-state index is 11.8. The summed E-state index contributed by atoms with van der Waals surface area (Å²) in [6, 6.07) is 12.9. The molecule has 1 N–H and O–H groups in total. The molecular formula is C17H16N2O3. The van der Waals surface area contributed by atoms with Crippen LogP contribution in [0.2, 0.25) is 0 Å². The van der Waals surface area contributed by atoms with Crippen molar-refractivity contribution in [2.45, 2.75) is 13.0 Å². The number of nitrogens with zero attached hydrogens (tertiary/aromatic N) is 2. The molecule has 0 saturated heterocycles. The number of hydrogen-bond acceptors (Lipinski definition) is 4. The lowest BCUT2D eigenvalue weighted by molar-refractivity contribution is 0.0518. The molecule has 3 aromatic rings. The first-order valence-electron chi connectivity index (χ1n) is 7.08. The number of rotatable bonds is 4. The fourth-order valence-corrected chi connectivity index (χ4v) is 2.35. The minimum absolute atomic E-state index is 0.316. The van der Waals surface area contributed by atoms with Gasteiger partial charge >= 0.3 is 5.97 Å². The lowest BCUT2D eigenvalue weighted by Crippen LogP contribution is -2.08. The summed E-state index contributed by atoms with van der Waals surface area (Å²) in [6.07, 6.45) is 2.47. The second-order valence-electron chi connectivity index (χ2n) is 4.87. The molecule has 5 heteroatoms. The van der Waals surface area contributed by atoms with Crippen LogP contribution in [0.15, 0.2) is 54.9 Å². The number of ether oxygens (including phenoxy) is 1. The van der Waals surface area contributed by atoms with Crippen molar-refractivity contribution >= 4 is 11.6 Å². The van der Waals surface area contributed by atoms with Gasteiger partial charge in [0.2, 0.25) is 0 Å². The zero-order chi connectivity index (χ0) is 15.5. The summed E-state index contributed by atoms with van der Waals surface area (Å²) in [5.41, 5.74) is 2.50. The number of aliphatic hydroxyl groups is 1. The lowest BCUT2D eigenvalue weighted by Gasteiger charge is -2.11. The van der Waals surface area contributed by atoms with Gasteiger partial charge in [0, 0.05) is 6.20 Å². The first-order chi connectivity index (χ1) is 10.7. The third-order valence-corrected chi connectivity index (χ3v) is 3.45. The van der Waals surface area contributed by atoms with Gasteiger partial charge in [-0.15, -0.1) is 0 Å². The maximum atomic E-state index is 11.8. The summed E-state index contributed by atoms with van der Waals surface area (Å²) in [7, 11) is 0. The Labute approximate surface area is 127 Å². The number of pyridine rings is 1. The summed E-state index contributed by atoms with van der Waals surface area (Å²) in [6.45, 7) is 2.08. The topological polar surface area (TPSA) is 63.8 Å². The number of esters is 1. The van der Waals surface area contributed by atoms with Gasteiger partial charge in [0.15, 0.2) is 5.69 Å². The number of aromatic nitrogens is 2. The Kier molecular flexibility index (Phi) is 3.89. The van der Waals surface area contributed by atoms with Crippen LogP contribution in [0, 0.1) is 0 Å². The van der Waals surface area contributed by atoms with E-state index < -0.39 is 12.1 Å². The maximum Gasteiger partial charge on any atom is 0.356 e. The van der Waals surface area contributed by atoms with Crippen LogP contribution in [0.1, 0.15) is 34.6 Å². The number of aliphatic hydroxyl groups excluding tert-OH is 1.